The first-order chi connectivity index (χ1) is 10.8. The summed E-state index contributed by atoms with van der Waals surface area (Å²) >= 11 is 0. The third-order valence-electron chi connectivity index (χ3n) is 6.97. The maximum absolute atomic E-state index is 11.8. The summed E-state index contributed by atoms with van der Waals surface area (Å²) in [6.45, 7) is 4.28. The van der Waals surface area contributed by atoms with Gasteiger partial charge in [-0.1, -0.05) is 18.6 Å². The number of aliphatic hydroxyl groups excluding tert-OH is 1. The van der Waals surface area contributed by atoms with Gasteiger partial charge >= 0.3 is 5.97 Å². The van der Waals surface area contributed by atoms with Gasteiger partial charge in [-0.25, -0.2) is 4.79 Å². The van der Waals surface area contributed by atoms with Gasteiger partial charge in [0.15, 0.2) is 11.9 Å². The Morgan fingerprint density at radius 3 is 2.78 bits per heavy atom. The third kappa shape index (κ3) is 2.07. The summed E-state index contributed by atoms with van der Waals surface area (Å²) in [5, 5.41) is 10.0. The lowest BCUT2D eigenvalue weighted by Gasteiger charge is -2.58. The van der Waals surface area contributed by atoms with Crippen molar-refractivity contribution in [1.82, 2.24) is 0 Å². The Bertz CT molecular complexity index is 633. The molecule has 0 aromatic carbocycles. The van der Waals surface area contributed by atoms with Gasteiger partial charge in [0.2, 0.25) is 0 Å². The minimum Gasteiger partial charge on any atom is -0.457 e. The zero-order valence-corrected chi connectivity index (χ0v) is 13.7. The van der Waals surface area contributed by atoms with E-state index in [4.69, 9.17) is 4.74 Å². The standard InChI is InChI=1S/C19H24O4/c1-18-7-5-12(20)9-11(18)3-4-13-14(18)6-8-19(2)15(13)10-16(21)17(22)23-19/h5,7,9,13-16,21H,3-4,6,8,10H2,1-2H3/t13-,14+,15-,16-,18+,19-/m0/s1. The summed E-state index contributed by atoms with van der Waals surface area (Å²) < 4.78 is 5.65. The predicted octanol–water partition coefficient (Wildman–Crippen LogP) is 2.56. The molecule has 2 saturated carbocycles. The highest BCUT2D eigenvalue weighted by Crippen LogP contribution is 2.60. The molecule has 1 saturated heterocycles. The molecule has 6 atom stereocenters. The monoisotopic (exact) mass is 316 g/mol. The molecule has 0 unspecified atom stereocenters. The Morgan fingerprint density at radius 2 is 2.00 bits per heavy atom. The van der Waals surface area contributed by atoms with Crippen molar-refractivity contribution in [2.75, 3.05) is 0 Å². The lowest BCUT2D eigenvalue weighted by Crippen LogP contribution is -2.58. The quantitative estimate of drug-likeness (QED) is 0.698. The van der Waals surface area contributed by atoms with Crippen molar-refractivity contribution < 1.29 is 19.4 Å². The Labute approximate surface area is 136 Å². The molecule has 1 heterocycles. The van der Waals surface area contributed by atoms with E-state index in [2.05, 4.69) is 13.0 Å². The minimum atomic E-state index is -0.986. The van der Waals surface area contributed by atoms with Crippen LogP contribution in [0.3, 0.4) is 0 Å². The second kappa shape index (κ2) is 4.79. The summed E-state index contributed by atoms with van der Waals surface area (Å²) in [7, 11) is 0. The average Bonchev–Trinajstić information content (AvgIpc) is 2.49. The van der Waals surface area contributed by atoms with Crippen LogP contribution in [-0.4, -0.2) is 28.6 Å². The van der Waals surface area contributed by atoms with E-state index >= 15 is 0 Å². The number of allylic oxidation sites excluding steroid dienone is 4. The zero-order chi connectivity index (χ0) is 16.4. The molecule has 23 heavy (non-hydrogen) atoms. The van der Waals surface area contributed by atoms with Crippen LogP contribution in [0.5, 0.6) is 0 Å². The molecule has 0 bridgehead atoms. The van der Waals surface area contributed by atoms with Gasteiger partial charge < -0.3 is 9.84 Å². The largest absolute Gasteiger partial charge is 0.457 e. The molecule has 0 spiro atoms. The molecule has 0 aromatic heterocycles. The highest BCUT2D eigenvalue weighted by atomic mass is 16.6. The Balaban J connectivity index is 1.69. The number of hydrogen-bond acceptors (Lipinski definition) is 4. The van der Waals surface area contributed by atoms with Crippen LogP contribution in [0.1, 0.15) is 46.0 Å². The Morgan fingerprint density at radius 1 is 1.22 bits per heavy atom. The summed E-state index contributed by atoms with van der Waals surface area (Å²) in [5.41, 5.74) is 0.747. The van der Waals surface area contributed by atoms with E-state index in [1.54, 1.807) is 6.08 Å². The molecule has 1 N–H and O–H groups in total. The summed E-state index contributed by atoms with van der Waals surface area (Å²) in [6.07, 6.45) is 8.90. The number of carbonyl (C=O) groups excluding carboxylic acids is 2. The molecule has 3 fully saturated rings. The lowest BCUT2D eigenvalue weighted by atomic mass is 9.49. The summed E-state index contributed by atoms with van der Waals surface area (Å²) in [6, 6.07) is 0. The first-order valence-corrected chi connectivity index (χ1v) is 8.69. The maximum atomic E-state index is 11.8. The van der Waals surface area contributed by atoms with Gasteiger partial charge in [-0.15, -0.1) is 0 Å². The van der Waals surface area contributed by atoms with Gasteiger partial charge in [-0.3, -0.25) is 4.79 Å². The SMILES string of the molecule is C[C@]12CC[C@@H]3[C@H](CCC4=CC(=O)C=C[C@]43C)[C@@H]1C[C@H](O)C(=O)O2. The van der Waals surface area contributed by atoms with Crippen LogP contribution < -0.4 is 0 Å². The number of hydrogen-bond donors (Lipinski definition) is 1. The van der Waals surface area contributed by atoms with Crippen molar-refractivity contribution in [3.8, 4) is 0 Å². The zero-order valence-electron chi connectivity index (χ0n) is 13.7. The molecule has 1 aliphatic heterocycles. The topological polar surface area (TPSA) is 63.6 Å². The Hall–Kier alpha value is -1.42. The number of fused-ring (bicyclic) bond motifs is 5. The molecule has 4 heteroatoms. The van der Waals surface area contributed by atoms with Crippen LogP contribution in [0.2, 0.25) is 0 Å². The second-order valence-electron chi connectivity index (χ2n) is 8.13. The third-order valence-corrected chi connectivity index (χ3v) is 6.97. The van der Waals surface area contributed by atoms with E-state index in [0.29, 0.717) is 18.3 Å². The van der Waals surface area contributed by atoms with Crippen LogP contribution in [0.4, 0.5) is 0 Å². The smallest absolute Gasteiger partial charge is 0.335 e. The van der Waals surface area contributed by atoms with E-state index in [1.165, 1.54) is 5.57 Å². The highest BCUT2D eigenvalue weighted by molar-refractivity contribution is 6.01. The number of rotatable bonds is 0. The predicted molar refractivity (Wildman–Crippen MR) is 84.4 cm³/mol. The van der Waals surface area contributed by atoms with Crippen molar-refractivity contribution >= 4 is 11.8 Å². The van der Waals surface area contributed by atoms with E-state index in [-0.39, 0.29) is 17.1 Å². The molecule has 0 amide bonds. The number of aliphatic hydroxyl groups is 1. The molecular weight excluding hydrogens is 292 g/mol. The van der Waals surface area contributed by atoms with Gasteiger partial charge in [0, 0.05) is 11.3 Å². The van der Waals surface area contributed by atoms with E-state index in [0.717, 1.165) is 25.7 Å². The number of ketones is 1. The molecule has 3 aliphatic carbocycles. The number of esters is 1. The molecular formula is C19H24O4. The van der Waals surface area contributed by atoms with Crippen LogP contribution >= 0.6 is 0 Å². The molecule has 124 valence electrons. The fourth-order valence-electron chi connectivity index (χ4n) is 5.67. The van der Waals surface area contributed by atoms with E-state index in [1.807, 2.05) is 13.0 Å². The van der Waals surface area contributed by atoms with Crippen molar-refractivity contribution in [3.63, 3.8) is 0 Å². The normalized spacial score (nSPS) is 48.7. The van der Waals surface area contributed by atoms with E-state index in [9.17, 15) is 14.7 Å². The number of ether oxygens (including phenoxy) is 1. The summed E-state index contributed by atoms with van der Waals surface area (Å²) in [4.78, 5) is 23.5. The van der Waals surface area contributed by atoms with Crippen molar-refractivity contribution in [1.29, 1.82) is 0 Å². The van der Waals surface area contributed by atoms with Gasteiger partial charge in [0.25, 0.3) is 0 Å². The van der Waals surface area contributed by atoms with Crippen molar-refractivity contribution in [2.45, 2.75) is 57.7 Å². The van der Waals surface area contributed by atoms with E-state index < -0.39 is 17.7 Å². The summed E-state index contributed by atoms with van der Waals surface area (Å²) in [5.74, 6) is 0.718. The van der Waals surface area contributed by atoms with Crippen LogP contribution in [-0.2, 0) is 14.3 Å². The fourth-order valence-corrected chi connectivity index (χ4v) is 5.67. The highest BCUT2D eigenvalue weighted by Gasteiger charge is 2.58. The maximum Gasteiger partial charge on any atom is 0.335 e. The molecule has 4 aliphatic rings. The van der Waals surface area contributed by atoms with Crippen molar-refractivity contribution in [3.05, 3.63) is 23.8 Å². The first-order valence-electron chi connectivity index (χ1n) is 8.69. The van der Waals surface area contributed by atoms with Gasteiger partial charge in [0.05, 0.1) is 0 Å². The van der Waals surface area contributed by atoms with Crippen molar-refractivity contribution in [2.24, 2.45) is 23.2 Å². The minimum absolute atomic E-state index is 0.0649. The first kappa shape index (κ1) is 15.1. The van der Waals surface area contributed by atoms with Gasteiger partial charge in [-0.2, -0.15) is 0 Å². The van der Waals surface area contributed by atoms with Gasteiger partial charge in [-0.05, 0) is 63.0 Å². The second-order valence-corrected chi connectivity index (χ2v) is 8.13. The van der Waals surface area contributed by atoms with Crippen LogP contribution in [0, 0.1) is 23.2 Å². The molecule has 0 aromatic rings. The van der Waals surface area contributed by atoms with Crippen LogP contribution in [0.15, 0.2) is 23.8 Å². The molecule has 4 rings (SSSR count). The lowest BCUT2D eigenvalue weighted by molar-refractivity contribution is -0.209. The fraction of sp³-hybridized carbons (Fsp3) is 0.684. The number of carbonyl (C=O) groups is 2. The average molecular weight is 316 g/mol. The molecule has 0 radical (unpaired) electrons. The van der Waals surface area contributed by atoms with Crippen LogP contribution in [0.25, 0.3) is 0 Å². The van der Waals surface area contributed by atoms with Gasteiger partial charge in [0.1, 0.15) is 5.60 Å². The Kier molecular flexibility index (Phi) is 3.15. The molecule has 4 nitrogen and oxygen atoms in total.